The van der Waals surface area contributed by atoms with Gasteiger partial charge in [-0.1, -0.05) is 267 Å². The molecule has 0 aliphatic carbocycles. The van der Waals surface area contributed by atoms with E-state index >= 15 is 0 Å². The highest BCUT2D eigenvalue weighted by Gasteiger charge is 2.22. The maximum Gasteiger partial charge on any atom is 0.0468 e. The molecule has 0 aromatic heterocycles. The van der Waals surface area contributed by atoms with Gasteiger partial charge in [-0.25, -0.2) is 0 Å². The molecular weight excluding hydrogens is 1060 g/mol. The first-order chi connectivity index (χ1) is 43.6. The zero-order valence-electron chi connectivity index (χ0n) is 48.4. The Morgan fingerprint density at radius 2 is 0.364 bits per heavy atom. The molecule has 0 radical (unpaired) electrons. The summed E-state index contributed by atoms with van der Waals surface area (Å²) >= 11 is 0. The van der Waals surface area contributed by atoms with Crippen molar-refractivity contribution >= 4 is 88.0 Å². The molecule has 0 unspecified atom stereocenters. The third kappa shape index (κ3) is 9.60. The minimum Gasteiger partial charge on any atom is -0.310 e. The molecular formula is C86H58N2. The van der Waals surface area contributed by atoms with E-state index in [4.69, 9.17) is 0 Å². The Balaban J connectivity index is 0.852. The lowest BCUT2D eigenvalue weighted by atomic mass is 9.87. The maximum atomic E-state index is 2.43. The van der Waals surface area contributed by atoms with Crippen LogP contribution in [0.1, 0.15) is 0 Å². The van der Waals surface area contributed by atoms with E-state index in [-0.39, 0.29) is 0 Å². The zero-order chi connectivity index (χ0) is 58.3. The first-order valence-electron chi connectivity index (χ1n) is 30.3. The second-order valence-electron chi connectivity index (χ2n) is 22.8. The van der Waals surface area contributed by atoms with Crippen molar-refractivity contribution < 1.29 is 0 Å². The van der Waals surface area contributed by atoms with Gasteiger partial charge >= 0.3 is 0 Å². The van der Waals surface area contributed by atoms with Crippen LogP contribution < -0.4 is 9.80 Å². The molecule has 0 fully saturated rings. The molecule has 0 atom stereocenters. The molecule has 16 rings (SSSR count). The zero-order valence-corrected chi connectivity index (χ0v) is 48.4. The standard InChI is InChI=1S/C86H58N2/c1-5-21-59(22-6-1)65-29-17-31-67(53-65)63-41-45-71(46-42-63)87(73-35-19-33-69(55-73)61-25-9-3-10-26-61)75-49-51-81-83(57-75)77-37-13-15-39-79(77)86-82-52-50-76(58-84(82)78-38-14-16-40-80(78)85(81)86)88(74-36-20-34-70(56-74)62-27-11-4-12-28-62)72-47-43-64(44-48-72)68-32-18-30-66(54-68)60-23-7-2-8-24-60/h1-58H. The largest absolute Gasteiger partial charge is 0.310 e. The van der Waals surface area contributed by atoms with Gasteiger partial charge in [-0.3, -0.25) is 0 Å². The monoisotopic (exact) mass is 1120 g/mol. The number of fused-ring (bicyclic) bond motifs is 11. The van der Waals surface area contributed by atoms with Crippen molar-refractivity contribution in [3.05, 3.63) is 352 Å². The van der Waals surface area contributed by atoms with Crippen LogP contribution in [0.4, 0.5) is 34.1 Å². The van der Waals surface area contributed by atoms with Crippen LogP contribution in [-0.2, 0) is 0 Å². The molecule has 0 amide bonds. The molecule has 412 valence electrons. The first-order valence-corrected chi connectivity index (χ1v) is 30.3. The van der Waals surface area contributed by atoms with Gasteiger partial charge < -0.3 is 9.80 Å². The SMILES string of the molecule is c1ccc(-c2cccc(-c3ccc(N(c4cccc(-c5ccccc5)c4)c4ccc5c(c4)c4ccccc4c4c6ccc(N(c7ccc(-c8cccc(-c9ccccc9)c8)cc7)c7cccc(-c8ccccc8)c7)cc6c6ccccc6c54)cc3)c2)cc1. The van der Waals surface area contributed by atoms with E-state index in [1.54, 1.807) is 0 Å². The van der Waals surface area contributed by atoms with Gasteiger partial charge in [-0.2, -0.15) is 0 Å². The van der Waals surface area contributed by atoms with Crippen LogP contribution in [0.5, 0.6) is 0 Å². The summed E-state index contributed by atoms with van der Waals surface area (Å²) in [5.41, 5.74) is 20.7. The lowest BCUT2D eigenvalue weighted by Crippen LogP contribution is -2.10. The van der Waals surface area contributed by atoms with Crippen molar-refractivity contribution in [2.24, 2.45) is 0 Å². The maximum absolute atomic E-state index is 2.43. The fourth-order valence-corrected chi connectivity index (χ4v) is 13.4. The predicted octanol–water partition coefficient (Wildman–Crippen LogP) is 24.4. The lowest BCUT2D eigenvalue weighted by molar-refractivity contribution is 1.29. The summed E-state index contributed by atoms with van der Waals surface area (Å²) in [5.74, 6) is 0. The number of benzene rings is 16. The molecule has 16 aromatic rings. The Bertz CT molecular complexity index is 4900. The van der Waals surface area contributed by atoms with E-state index in [0.29, 0.717) is 0 Å². The van der Waals surface area contributed by atoms with Crippen LogP contribution in [0.3, 0.4) is 0 Å². The third-order valence-corrected chi connectivity index (χ3v) is 17.6. The van der Waals surface area contributed by atoms with E-state index in [0.717, 1.165) is 34.1 Å². The molecule has 2 heteroatoms. The molecule has 16 aromatic carbocycles. The van der Waals surface area contributed by atoms with Crippen molar-refractivity contribution in [2.45, 2.75) is 0 Å². The molecule has 2 nitrogen and oxygen atoms in total. The smallest absolute Gasteiger partial charge is 0.0468 e. The Hall–Kier alpha value is -11.6. The van der Waals surface area contributed by atoms with Crippen LogP contribution in [-0.4, -0.2) is 0 Å². The van der Waals surface area contributed by atoms with E-state index in [1.165, 1.54) is 121 Å². The van der Waals surface area contributed by atoms with Gasteiger partial charge in [-0.05, 0) is 206 Å². The number of rotatable bonds is 12. The quantitative estimate of drug-likeness (QED) is 0.113. The third-order valence-electron chi connectivity index (χ3n) is 17.6. The minimum atomic E-state index is 1.08. The van der Waals surface area contributed by atoms with Crippen molar-refractivity contribution in [1.29, 1.82) is 0 Å². The predicted molar refractivity (Wildman–Crippen MR) is 376 cm³/mol. The van der Waals surface area contributed by atoms with Crippen LogP contribution >= 0.6 is 0 Å². The van der Waals surface area contributed by atoms with Crippen molar-refractivity contribution in [3.63, 3.8) is 0 Å². The van der Waals surface area contributed by atoms with Crippen molar-refractivity contribution in [3.8, 4) is 66.8 Å². The summed E-state index contributed by atoms with van der Waals surface area (Å²) in [6.45, 7) is 0. The highest BCUT2D eigenvalue weighted by molar-refractivity contribution is 6.39. The highest BCUT2D eigenvalue weighted by atomic mass is 15.1. The second kappa shape index (κ2) is 22.4. The van der Waals surface area contributed by atoms with E-state index in [1.807, 2.05) is 0 Å². The summed E-state index contributed by atoms with van der Waals surface area (Å²) in [4.78, 5) is 4.85. The average molecular weight is 1120 g/mol. The molecule has 0 bridgehead atoms. The van der Waals surface area contributed by atoms with Crippen LogP contribution in [0.2, 0.25) is 0 Å². The number of anilines is 6. The van der Waals surface area contributed by atoms with Gasteiger partial charge in [0.05, 0.1) is 0 Å². The van der Waals surface area contributed by atoms with Crippen LogP contribution in [0, 0.1) is 0 Å². The molecule has 0 aliphatic heterocycles. The molecule has 0 saturated heterocycles. The molecule has 0 saturated carbocycles. The summed E-state index contributed by atoms with van der Waals surface area (Å²) in [5, 5.41) is 12.3. The Kier molecular flexibility index (Phi) is 13.3. The Morgan fingerprint density at radius 1 is 0.125 bits per heavy atom. The van der Waals surface area contributed by atoms with Crippen LogP contribution in [0.25, 0.3) is 121 Å². The van der Waals surface area contributed by atoms with Gasteiger partial charge in [0.2, 0.25) is 0 Å². The Morgan fingerprint density at radius 3 is 0.705 bits per heavy atom. The van der Waals surface area contributed by atoms with Gasteiger partial charge in [0.15, 0.2) is 0 Å². The summed E-state index contributed by atoms with van der Waals surface area (Å²) < 4.78 is 0. The molecule has 0 aliphatic rings. The molecule has 0 N–H and O–H groups in total. The molecule has 0 heterocycles. The molecule has 88 heavy (non-hydrogen) atoms. The normalized spacial score (nSPS) is 11.4. The summed E-state index contributed by atoms with van der Waals surface area (Å²) in [6, 6.07) is 129. The van der Waals surface area contributed by atoms with E-state index < -0.39 is 0 Å². The lowest BCUT2D eigenvalue weighted by Gasteiger charge is -2.28. The number of nitrogens with zero attached hydrogens (tertiary/aromatic N) is 2. The fourth-order valence-electron chi connectivity index (χ4n) is 13.4. The summed E-state index contributed by atoms with van der Waals surface area (Å²) in [7, 11) is 0. The number of hydrogen-bond donors (Lipinski definition) is 0. The van der Waals surface area contributed by atoms with Gasteiger partial charge in [-0.15, -0.1) is 0 Å². The first kappa shape index (κ1) is 52.0. The minimum absolute atomic E-state index is 1.08. The van der Waals surface area contributed by atoms with E-state index in [9.17, 15) is 0 Å². The van der Waals surface area contributed by atoms with Crippen molar-refractivity contribution in [2.75, 3.05) is 9.80 Å². The number of hydrogen-bond acceptors (Lipinski definition) is 2. The van der Waals surface area contributed by atoms with E-state index in [2.05, 4.69) is 362 Å². The fraction of sp³-hybridized carbons (Fsp3) is 0. The van der Waals surface area contributed by atoms with Crippen LogP contribution in [0.15, 0.2) is 352 Å². The average Bonchev–Trinajstić information content (AvgIpc) is 0.766. The van der Waals surface area contributed by atoms with Gasteiger partial charge in [0.25, 0.3) is 0 Å². The Labute approximate surface area is 513 Å². The summed E-state index contributed by atoms with van der Waals surface area (Å²) in [6.07, 6.45) is 0. The second-order valence-corrected chi connectivity index (χ2v) is 22.8. The topological polar surface area (TPSA) is 6.48 Å². The molecule has 0 spiro atoms. The van der Waals surface area contributed by atoms with Gasteiger partial charge in [0, 0.05) is 34.1 Å². The highest BCUT2D eigenvalue weighted by Crippen LogP contribution is 2.48. The van der Waals surface area contributed by atoms with Gasteiger partial charge in [0.1, 0.15) is 0 Å². The van der Waals surface area contributed by atoms with Crippen molar-refractivity contribution in [1.82, 2.24) is 0 Å².